The maximum absolute atomic E-state index is 9.28. The van der Waals surface area contributed by atoms with Gasteiger partial charge >= 0.3 is 0 Å². The molecule has 4 heteroatoms. The predicted octanol–water partition coefficient (Wildman–Crippen LogP) is 1.45. The van der Waals surface area contributed by atoms with Crippen molar-refractivity contribution in [3.05, 3.63) is 30.1 Å². The summed E-state index contributed by atoms with van der Waals surface area (Å²) in [5.74, 6) is 0.173. The molecule has 0 saturated heterocycles. The smallest absolute Gasteiger partial charge is 0.134 e. The van der Waals surface area contributed by atoms with Crippen molar-refractivity contribution < 1.29 is 5.11 Å². The van der Waals surface area contributed by atoms with Crippen LogP contribution in [0, 0.1) is 0 Å². The molecule has 0 aromatic carbocycles. The number of pyridine rings is 1. The van der Waals surface area contributed by atoms with E-state index in [1.165, 1.54) is 6.20 Å². The van der Waals surface area contributed by atoms with E-state index in [4.69, 9.17) is 0 Å². The van der Waals surface area contributed by atoms with Gasteiger partial charge in [-0.2, -0.15) is 5.10 Å². The van der Waals surface area contributed by atoms with Crippen molar-refractivity contribution in [3.8, 4) is 5.75 Å². The lowest BCUT2D eigenvalue weighted by Crippen LogP contribution is -2.12. The molecule has 2 heterocycles. The minimum absolute atomic E-state index is 0.173. The first-order valence-corrected chi connectivity index (χ1v) is 4.38. The summed E-state index contributed by atoms with van der Waals surface area (Å²) in [6.07, 6.45) is 7.82. The third kappa shape index (κ3) is 1.59. The van der Waals surface area contributed by atoms with Crippen molar-refractivity contribution in [3.63, 3.8) is 0 Å². The van der Waals surface area contributed by atoms with Crippen LogP contribution >= 0.6 is 0 Å². The Morgan fingerprint density at radius 1 is 1.43 bits per heavy atom. The summed E-state index contributed by atoms with van der Waals surface area (Å²) in [4.78, 5) is 3.92. The molecule has 0 spiro atoms. The number of nitrogens with zero attached hydrogens (tertiary/aromatic N) is 3. The minimum Gasteiger partial charge on any atom is -0.506 e. The Labute approximate surface area is 82.2 Å². The highest BCUT2D eigenvalue weighted by Gasteiger charge is 2.09. The summed E-state index contributed by atoms with van der Waals surface area (Å²) in [6.45, 7) is 0. The molecule has 1 aliphatic heterocycles. The van der Waals surface area contributed by atoms with Gasteiger partial charge in [-0.3, -0.25) is 9.99 Å². The molecule has 2 rings (SSSR count). The van der Waals surface area contributed by atoms with Crippen molar-refractivity contribution >= 4 is 11.9 Å². The summed E-state index contributed by atoms with van der Waals surface area (Å²) in [5, 5.41) is 15.2. The monoisotopic (exact) mass is 189 g/mol. The quantitative estimate of drug-likeness (QED) is 0.727. The molecule has 0 atom stereocenters. The van der Waals surface area contributed by atoms with Crippen LogP contribution in [0.25, 0.3) is 5.70 Å². The topological polar surface area (TPSA) is 48.7 Å². The largest absolute Gasteiger partial charge is 0.506 e. The van der Waals surface area contributed by atoms with Gasteiger partial charge in [0.1, 0.15) is 5.75 Å². The van der Waals surface area contributed by atoms with E-state index in [-0.39, 0.29) is 5.75 Å². The maximum atomic E-state index is 9.28. The molecule has 0 aliphatic carbocycles. The number of rotatable bonds is 1. The third-order valence-electron chi connectivity index (χ3n) is 2.04. The lowest BCUT2D eigenvalue weighted by atomic mass is 10.1. The summed E-state index contributed by atoms with van der Waals surface area (Å²) in [6, 6.07) is 1.68. The Bertz CT molecular complexity index is 398. The van der Waals surface area contributed by atoms with Crippen LogP contribution in [0.2, 0.25) is 0 Å². The Balaban J connectivity index is 2.35. The van der Waals surface area contributed by atoms with Crippen LogP contribution < -0.4 is 0 Å². The Morgan fingerprint density at radius 3 is 3.00 bits per heavy atom. The van der Waals surface area contributed by atoms with Gasteiger partial charge in [-0.05, 0) is 6.07 Å². The Hall–Kier alpha value is -1.84. The Morgan fingerprint density at radius 2 is 2.29 bits per heavy atom. The van der Waals surface area contributed by atoms with E-state index in [9.17, 15) is 5.11 Å². The molecule has 0 fully saturated rings. The molecule has 0 bridgehead atoms. The highest BCUT2D eigenvalue weighted by atomic mass is 16.3. The zero-order chi connectivity index (χ0) is 9.97. The second-order valence-corrected chi connectivity index (χ2v) is 3.08. The van der Waals surface area contributed by atoms with Crippen molar-refractivity contribution in [2.24, 2.45) is 5.10 Å². The predicted molar refractivity (Wildman–Crippen MR) is 54.8 cm³/mol. The molecule has 14 heavy (non-hydrogen) atoms. The van der Waals surface area contributed by atoms with E-state index < -0.39 is 0 Å². The van der Waals surface area contributed by atoms with Crippen LogP contribution in [0.1, 0.15) is 12.0 Å². The van der Waals surface area contributed by atoms with E-state index in [0.29, 0.717) is 0 Å². The molecule has 72 valence electrons. The first kappa shape index (κ1) is 8.74. The van der Waals surface area contributed by atoms with Gasteiger partial charge in [0.05, 0.1) is 11.9 Å². The van der Waals surface area contributed by atoms with Crippen molar-refractivity contribution in [1.29, 1.82) is 0 Å². The van der Waals surface area contributed by atoms with Gasteiger partial charge < -0.3 is 5.11 Å². The lowest BCUT2D eigenvalue weighted by molar-refractivity contribution is 0.471. The lowest BCUT2D eigenvalue weighted by Gasteiger charge is -2.19. The number of aromatic nitrogens is 1. The van der Waals surface area contributed by atoms with Gasteiger partial charge in [0, 0.05) is 31.4 Å². The van der Waals surface area contributed by atoms with Crippen molar-refractivity contribution in [2.45, 2.75) is 6.42 Å². The van der Waals surface area contributed by atoms with Crippen LogP contribution in [0.5, 0.6) is 5.75 Å². The van der Waals surface area contributed by atoms with E-state index in [1.54, 1.807) is 17.3 Å². The Kier molecular flexibility index (Phi) is 2.18. The molecular formula is C10H11N3O. The molecule has 4 nitrogen and oxygen atoms in total. The van der Waals surface area contributed by atoms with Crippen LogP contribution in [-0.4, -0.2) is 28.4 Å². The highest BCUT2D eigenvalue weighted by Crippen LogP contribution is 2.22. The number of aromatic hydroxyl groups is 1. The van der Waals surface area contributed by atoms with Crippen LogP contribution in [-0.2, 0) is 0 Å². The van der Waals surface area contributed by atoms with Gasteiger partial charge in [-0.1, -0.05) is 6.08 Å². The number of allylic oxidation sites excluding steroid dienone is 1. The van der Waals surface area contributed by atoms with Crippen LogP contribution in [0.4, 0.5) is 0 Å². The second-order valence-electron chi connectivity index (χ2n) is 3.08. The van der Waals surface area contributed by atoms with Gasteiger partial charge in [-0.15, -0.1) is 0 Å². The van der Waals surface area contributed by atoms with Crippen molar-refractivity contribution in [1.82, 2.24) is 9.99 Å². The van der Waals surface area contributed by atoms with Crippen LogP contribution in [0.15, 0.2) is 29.6 Å². The average Bonchev–Trinajstić information content (AvgIpc) is 2.18. The van der Waals surface area contributed by atoms with Gasteiger partial charge in [0.2, 0.25) is 0 Å². The van der Waals surface area contributed by atoms with E-state index in [1.807, 2.05) is 19.3 Å². The normalized spacial score (nSPS) is 15.5. The standard InChI is InChI=1S/C10H11N3O/c1-13-10(3-2-4-12-13)8-5-9(14)7-11-6-8/h3-7,14H,2H2,1H3. The third-order valence-corrected chi connectivity index (χ3v) is 2.04. The fourth-order valence-corrected chi connectivity index (χ4v) is 1.40. The molecular weight excluding hydrogens is 178 g/mol. The number of hydrogen-bond donors (Lipinski definition) is 1. The fraction of sp³-hybridized carbons (Fsp3) is 0.200. The van der Waals surface area contributed by atoms with E-state index >= 15 is 0 Å². The van der Waals surface area contributed by atoms with E-state index in [2.05, 4.69) is 10.1 Å². The van der Waals surface area contributed by atoms with E-state index in [0.717, 1.165) is 17.7 Å². The van der Waals surface area contributed by atoms with Gasteiger partial charge in [-0.25, -0.2) is 0 Å². The molecule has 0 amide bonds. The highest BCUT2D eigenvalue weighted by molar-refractivity contribution is 5.72. The van der Waals surface area contributed by atoms with Gasteiger partial charge in [0.15, 0.2) is 0 Å². The summed E-state index contributed by atoms with van der Waals surface area (Å²) in [7, 11) is 1.87. The number of hydrazone groups is 1. The molecule has 1 N–H and O–H groups in total. The molecule has 0 radical (unpaired) electrons. The molecule has 0 unspecified atom stereocenters. The molecule has 1 aromatic rings. The average molecular weight is 189 g/mol. The maximum Gasteiger partial charge on any atom is 0.134 e. The first-order chi connectivity index (χ1) is 6.77. The summed E-state index contributed by atoms with van der Waals surface area (Å²) in [5.41, 5.74) is 1.85. The molecule has 1 aromatic heterocycles. The molecule has 0 saturated carbocycles. The summed E-state index contributed by atoms with van der Waals surface area (Å²) < 4.78 is 0. The van der Waals surface area contributed by atoms with Gasteiger partial charge in [0.25, 0.3) is 0 Å². The zero-order valence-corrected chi connectivity index (χ0v) is 7.88. The zero-order valence-electron chi connectivity index (χ0n) is 7.88. The molecule has 1 aliphatic rings. The van der Waals surface area contributed by atoms with Crippen molar-refractivity contribution in [2.75, 3.05) is 7.05 Å². The second kappa shape index (κ2) is 3.49. The van der Waals surface area contributed by atoms with Crippen LogP contribution in [0.3, 0.4) is 0 Å². The minimum atomic E-state index is 0.173. The summed E-state index contributed by atoms with van der Waals surface area (Å²) >= 11 is 0. The first-order valence-electron chi connectivity index (χ1n) is 4.38. The number of hydrogen-bond acceptors (Lipinski definition) is 4. The SMILES string of the molecule is CN1N=CCC=C1c1cncc(O)c1. The fourth-order valence-electron chi connectivity index (χ4n) is 1.40.